The van der Waals surface area contributed by atoms with Crippen molar-refractivity contribution in [2.75, 3.05) is 12.4 Å². The van der Waals surface area contributed by atoms with E-state index in [4.69, 9.17) is 16.3 Å². The highest BCUT2D eigenvalue weighted by molar-refractivity contribution is 7.90. The summed E-state index contributed by atoms with van der Waals surface area (Å²) in [5.74, 6) is 0.290. The molecule has 1 aliphatic carbocycles. The van der Waals surface area contributed by atoms with Crippen LogP contribution in [0.5, 0.6) is 5.75 Å². The minimum atomic E-state index is -4.00. The molecule has 3 rings (SSSR count). The second kappa shape index (κ2) is 15.2. The Hall–Kier alpha value is -3.11. The van der Waals surface area contributed by atoms with E-state index in [1.54, 1.807) is 18.2 Å². The standard InChI is InChI=1S/C30H40ClN3O6S/c1-20(2)12-17-28(36)33-26-19-22(31)18-25(29(26)40-3)27(35)11-7-8-21-13-15-24(16-14-21)41(38,39)34-30(37)32-23-9-5-4-6-10-23/h13-16,18-20,23H,4-12,17H2,1-3H3,(H,33,36)(H2,32,34,37). The van der Waals surface area contributed by atoms with Crippen LogP contribution in [0.15, 0.2) is 41.3 Å². The van der Waals surface area contributed by atoms with E-state index in [1.165, 1.54) is 25.3 Å². The summed E-state index contributed by atoms with van der Waals surface area (Å²) in [6.07, 6.45) is 7.19. The van der Waals surface area contributed by atoms with Crippen molar-refractivity contribution in [2.45, 2.75) is 89.0 Å². The molecule has 1 fully saturated rings. The van der Waals surface area contributed by atoms with Crippen LogP contribution < -0.4 is 20.1 Å². The summed E-state index contributed by atoms with van der Waals surface area (Å²) in [7, 11) is -2.56. The molecule has 11 heteroatoms. The predicted molar refractivity (Wildman–Crippen MR) is 160 cm³/mol. The van der Waals surface area contributed by atoms with Gasteiger partial charge in [-0.25, -0.2) is 17.9 Å². The first kappa shape index (κ1) is 32.4. The fraction of sp³-hybridized carbons (Fsp3) is 0.500. The highest BCUT2D eigenvalue weighted by Crippen LogP contribution is 2.34. The van der Waals surface area contributed by atoms with E-state index in [9.17, 15) is 22.8 Å². The Morgan fingerprint density at radius 1 is 1.02 bits per heavy atom. The quantitative estimate of drug-likeness (QED) is 0.231. The van der Waals surface area contributed by atoms with Gasteiger partial charge in [-0.3, -0.25) is 9.59 Å². The SMILES string of the molecule is COc1c(NC(=O)CCC(C)C)cc(Cl)cc1C(=O)CCCc1ccc(S(=O)(=O)NC(=O)NC2CCCCC2)cc1. The number of ether oxygens (including phenoxy) is 1. The van der Waals surface area contributed by atoms with Crippen molar-refractivity contribution in [3.63, 3.8) is 0 Å². The van der Waals surface area contributed by atoms with E-state index in [2.05, 4.69) is 15.4 Å². The molecule has 0 spiro atoms. The molecule has 0 bridgehead atoms. The summed E-state index contributed by atoms with van der Waals surface area (Å²) in [6.45, 7) is 4.08. The van der Waals surface area contributed by atoms with Crippen LogP contribution in [0, 0.1) is 5.92 Å². The summed E-state index contributed by atoms with van der Waals surface area (Å²) in [5, 5.41) is 5.86. The Morgan fingerprint density at radius 2 is 1.71 bits per heavy atom. The first-order chi connectivity index (χ1) is 19.5. The predicted octanol–water partition coefficient (Wildman–Crippen LogP) is 6.25. The van der Waals surface area contributed by atoms with Gasteiger partial charge in [-0.15, -0.1) is 0 Å². The first-order valence-electron chi connectivity index (χ1n) is 14.1. The van der Waals surface area contributed by atoms with Crippen molar-refractivity contribution in [3.8, 4) is 5.75 Å². The smallest absolute Gasteiger partial charge is 0.328 e. The monoisotopic (exact) mass is 605 g/mol. The maximum Gasteiger partial charge on any atom is 0.328 e. The van der Waals surface area contributed by atoms with Gasteiger partial charge in [0.15, 0.2) is 11.5 Å². The van der Waals surface area contributed by atoms with Crippen LogP contribution in [-0.4, -0.2) is 39.3 Å². The molecule has 2 aromatic rings. The van der Waals surface area contributed by atoms with Crippen LogP contribution in [0.25, 0.3) is 0 Å². The Morgan fingerprint density at radius 3 is 2.34 bits per heavy atom. The van der Waals surface area contributed by atoms with Crippen molar-refractivity contribution < 1.29 is 27.5 Å². The van der Waals surface area contributed by atoms with E-state index >= 15 is 0 Å². The largest absolute Gasteiger partial charge is 0.494 e. The second-order valence-electron chi connectivity index (χ2n) is 10.8. The minimum Gasteiger partial charge on any atom is -0.494 e. The van der Waals surface area contributed by atoms with Crippen LogP contribution in [-0.2, 0) is 21.2 Å². The number of hydrogen-bond acceptors (Lipinski definition) is 6. The number of urea groups is 1. The van der Waals surface area contributed by atoms with Gasteiger partial charge in [-0.05, 0) is 67.9 Å². The van der Waals surface area contributed by atoms with Gasteiger partial charge in [0.05, 0.1) is 23.3 Å². The van der Waals surface area contributed by atoms with Crippen LogP contribution in [0.4, 0.5) is 10.5 Å². The normalized spacial score (nSPS) is 14.0. The zero-order chi connectivity index (χ0) is 30.0. The fourth-order valence-electron chi connectivity index (χ4n) is 4.81. The third kappa shape index (κ3) is 10.0. The number of benzene rings is 2. The lowest BCUT2D eigenvalue weighted by molar-refractivity contribution is -0.116. The van der Waals surface area contributed by atoms with E-state index < -0.39 is 16.1 Å². The molecule has 0 aromatic heterocycles. The molecule has 0 unspecified atom stereocenters. The number of hydrogen-bond donors (Lipinski definition) is 3. The Kier molecular flexibility index (Phi) is 12.0. The van der Waals surface area contributed by atoms with E-state index in [0.29, 0.717) is 35.9 Å². The lowest BCUT2D eigenvalue weighted by Gasteiger charge is -2.22. The number of methoxy groups -OCH3 is 1. The highest BCUT2D eigenvalue weighted by Gasteiger charge is 2.22. The van der Waals surface area contributed by atoms with Crippen molar-refractivity contribution in [1.29, 1.82) is 0 Å². The average molecular weight is 606 g/mol. The summed E-state index contributed by atoms with van der Waals surface area (Å²) in [4.78, 5) is 37.6. The Bertz CT molecular complexity index is 1320. The van der Waals surface area contributed by atoms with Crippen LogP contribution in [0.2, 0.25) is 5.02 Å². The Balaban J connectivity index is 1.56. The molecule has 41 heavy (non-hydrogen) atoms. The molecule has 2 aromatic carbocycles. The van der Waals surface area contributed by atoms with Crippen molar-refractivity contribution in [2.24, 2.45) is 5.92 Å². The lowest BCUT2D eigenvalue weighted by atomic mass is 9.96. The summed E-state index contributed by atoms with van der Waals surface area (Å²) in [6, 6.07) is 8.61. The average Bonchev–Trinajstić information content (AvgIpc) is 2.92. The molecule has 0 radical (unpaired) electrons. The van der Waals surface area contributed by atoms with Gasteiger partial charge < -0.3 is 15.4 Å². The number of aryl methyl sites for hydroxylation is 1. The van der Waals surface area contributed by atoms with Crippen molar-refractivity contribution >= 4 is 45.0 Å². The maximum atomic E-state index is 13.1. The number of amides is 3. The van der Waals surface area contributed by atoms with Gasteiger partial charge in [0.25, 0.3) is 10.0 Å². The van der Waals surface area contributed by atoms with Gasteiger partial charge in [-0.1, -0.05) is 56.8 Å². The molecule has 3 amide bonds. The highest BCUT2D eigenvalue weighted by atomic mass is 35.5. The third-order valence-electron chi connectivity index (χ3n) is 7.05. The molecule has 0 atom stereocenters. The fourth-order valence-corrected chi connectivity index (χ4v) is 5.95. The zero-order valence-electron chi connectivity index (χ0n) is 23.9. The van der Waals surface area contributed by atoms with E-state index in [-0.39, 0.29) is 40.4 Å². The number of halogens is 1. The van der Waals surface area contributed by atoms with Gasteiger partial charge in [0.2, 0.25) is 5.91 Å². The molecular weight excluding hydrogens is 566 g/mol. The topological polar surface area (TPSA) is 131 Å². The number of Topliss-reactive ketones (excluding diaryl/α,β-unsaturated/α-hetero) is 1. The van der Waals surface area contributed by atoms with Gasteiger partial charge in [-0.2, -0.15) is 0 Å². The van der Waals surface area contributed by atoms with Crippen LogP contribution in [0.3, 0.4) is 0 Å². The molecule has 0 saturated heterocycles. The molecular formula is C30H40ClN3O6S. The number of ketones is 1. The number of nitrogens with one attached hydrogen (secondary N) is 3. The third-order valence-corrected chi connectivity index (χ3v) is 8.62. The molecule has 3 N–H and O–H groups in total. The van der Waals surface area contributed by atoms with Crippen LogP contribution >= 0.6 is 11.6 Å². The zero-order valence-corrected chi connectivity index (χ0v) is 25.5. The van der Waals surface area contributed by atoms with Gasteiger partial charge in [0, 0.05) is 23.9 Å². The minimum absolute atomic E-state index is 0.00373. The molecule has 1 saturated carbocycles. The van der Waals surface area contributed by atoms with E-state index in [1.807, 2.05) is 13.8 Å². The number of rotatable bonds is 13. The lowest BCUT2D eigenvalue weighted by Crippen LogP contribution is -2.45. The van der Waals surface area contributed by atoms with Crippen molar-refractivity contribution in [1.82, 2.24) is 10.0 Å². The summed E-state index contributed by atoms with van der Waals surface area (Å²) in [5.41, 5.74) is 1.49. The molecule has 0 heterocycles. The summed E-state index contributed by atoms with van der Waals surface area (Å²) < 4.78 is 32.8. The molecule has 9 nitrogen and oxygen atoms in total. The van der Waals surface area contributed by atoms with Gasteiger partial charge >= 0.3 is 6.03 Å². The van der Waals surface area contributed by atoms with Crippen LogP contribution in [0.1, 0.15) is 87.6 Å². The number of carbonyl (C=O) groups excluding carboxylic acids is 3. The molecule has 224 valence electrons. The molecule has 0 aliphatic heterocycles. The number of sulfonamides is 1. The first-order valence-corrected chi connectivity index (χ1v) is 16.0. The Labute approximate surface area is 247 Å². The van der Waals surface area contributed by atoms with E-state index in [0.717, 1.165) is 44.1 Å². The summed E-state index contributed by atoms with van der Waals surface area (Å²) >= 11 is 6.26. The maximum absolute atomic E-state index is 13.1. The number of anilines is 1. The van der Waals surface area contributed by atoms with Gasteiger partial charge in [0.1, 0.15) is 0 Å². The number of carbonyl (C=O) groups is 3. The second-order valence-corrected chi connectivity index (χ2v) is 13.0. The molecule has 1 aliphatic rings. The van der Waals surface area contributed by atoms with Crippen molar-refractivity contribution in [3.05, 3.63) is 52.5 Å².